The molecular weight excluding hydrogens is 155 g/mol. The largest absolute Gasteiger partial charge is 0.321 e. The highest BCUT2D eigenvalue weighted by Gasteiger charge is 2.16. The molecule has 0 aliphatic rings. The Bertz CT molecular complexity index is 108. The Kier molecular flexibility index (Phi) is 4.63. The maximum Gasteiger partial charge on any atom is 0.257 e. The third-order valence-electron chi connectivity index (χ3n) is 0.991. The molecule has 0 aromatic rings. The van der Waals surface area contributed by atoms with Crippen molar-refractivity contribution < 1.29 is 9.09 Å². The van der Waals surface area contributed by atoms with Gasteiger partial charge in [-0.2, -0.15) is 0 Å². The molecule has 0 fully saturated rings. The predicted molar refractivity (Wildman–Crippen MR) is 43.3 cm³/mol. The van der Waals surface area contributed by atoms with E-state index in [0.717, 1.165) is 0 Å². The molecule has 0 unspecified atom stereocenters. The molecule has 56 valence electrons. The van der Waals surface area contributed by atoms with Crippen LogP contribution in [0.25, 0.3) is 0 Å². The van der Waals surface area contributed by atoms with Gasteiger partial charge < -0.3 is 4.52 Å². The Morgan fingerprint density at radius 2 is 2.11 bits per heavy atom. The van der Waals surface area contributed by atoms with Crippen molar-refractivity contribution in [1.29, 1.82) is 0 Å². The van der Waals surface area contributed by atoms with E-state index in [1.807, 2.05) is 20.1 Å². The van der Waals surface area contributed by atoms with Crippen LogP contribution in [0.1, 0.15) is 13.8 Å². The fraction of sp³-hybridized carbons (Fsp3) is 1.00. The van der Waals surface area contributed by atoms with Crippen molar-refractivity contribution in [3.8, 4) is 0 Å². The summed E-state index contributed by atoms with van der Waals surface area (Å²) in [6.45, 7) is 2.02. The third kappa shape index (κ3) is 3.29. The lowest BCUT2D eigenvalue weighted by Crippen LogP contribution is -1.87. The van der Waals surface area contributed by atoms with Gasteiger partial charge in [0.05, 0.1) is 6.61 Å². The van der Waals surface area contributed by atoms with Gasteiger partial charge in [-0.25, -0.2) is 0 Å². The van der Waals surface area contributed by atoms with Crippen molar-refractivity contribution in [1.82, 2.24) is 0 Å². The number of hydrogen-bond acceptors (Lipinski definition) is 3. The molecule has 0 N–H and O–H groups in total. The Balaban J connectivity index is 3.78. The minimum Gasteiger partial charge on any atom is -0.321 e. The van der Waals surface area contributed by atoms with E-state index in [9.17, 15) is 4.57 Å². The van der Waals surface area contributed by atoms with Gasteiger partial charge in [-0.05, 0) is 13.2 Å². The summed E-state index contributed by atoms with van der Waals surface area (Å²) < 4.78 is 16.3. The summed E-state index contributed by atoms with van der Waals surface area (Å²) in [5, 5.41) is 0. The Morgan fingerprint density at radius 3 is 2.22 bits per heavy atom. The van der Waals surface area contributed by atoms with Gasteiger partial charge in [0.25, 0.3) is 6.57 Å². The fourth-order valence-corrected chi connectivity index (χ4v) is 2.82. The summed E-state index contributed by atoms with van der Waals surface area (Å²) in [5.41, 5.74) is 0. The van der Waals surface area contributed by atoms with Crippen LogP contribution in [0.4, 0.5) is 0 Å². The summed E-state index contributed by atoms with van der Waals surface area (Å²) in [4.78, 5) is 0. The highest BCUT2D eigenvalue weighted by molar-refractivity contribution is 8.56. The van der Waals surface area contributed by atoms with Crippen LogP contribution in [0.3, 0.4) is 0 Å². The van der Waals surface area contributed by atoms with Crippen LogP contribution in [0, 0.1) is 0 Å². The lowest BCUT2D eigenvalue weighted by atomic mass is 10.9. The monoisotopic (exact) mass is 168 g/mol. The summed E-state index contributed by atoms with van der Waals surface area (Å²) in [5.74, 6) is 0. The van der Waals surface area contributed by atoms with Gasteiger partial charge in [0.15, 0.2) is 0 Å². The van der Waals surface area contributed by atoms with E-state index in [1.54, 1.807) is 0 Å². The molecule has 9 heavy (non-hydrogen) atoms. The zero-order chi connectivity index (χ0) is 7.33. The molecule has 0 aromatic heterocycles. The normalized spacial score (nSPS) is 17.2. The van der Waals surface area contributed by atoms with Crippen LogP contribution in [-0.4, -0.2) is 19.0 Å². The van der Waals surface area contributed by atoms with Crippen LogP contribution in [-0.2, 0) is 9.09 Å². The third-order valence-corrected chi connectivity index (χ3v) is 5.73. The molecule has 0 spiro atoms. The molecule has 0 aromatic carbocycles. The predicted octanol–water partition coefficient (Wildman–Crippen LogP) is 2.60. The summed E-state index contributed by atoms with van der Waals surface area (Å²) >= 11 is 1.33. The first kappa shape index (κ1) is 9.54. The number of hydrogen-bond donors (Lipinski definition) is 0. The van der Waals surface area contributed by atoms with E-state index in [-0.39, 0.29) is 0 Å². The molecule has 0 saturated heterocycles. The minimum absolute atomic E-state index is 0.548. The quantitative estimate of drug-likeness (QED) is 0.603. The van der Waals surface area contributed by atoms with Crippen molar-refractivity contribution in [2.45, 2.75) is 13.8 Å². The van der Waals surface area contributed by atoms with E-state index >= 15 is 0 Å². The Labute approximate surface area is 60.6 Å². The van der Waals surface area contributed by atoms with Gasteiger partial charge in [-0.15, -0.1) is 0 Å². The molecule has 0 saturated carbocycles. The van der Waals surface area contributed by atoms with Crippen molar-refractivity contribution in [2.24, 2.45) is 0 Å². The van der Waals surface area contributed by atoms with Gasteiger partial charge in [-0.3, -0.25) is 4.57 Å². The molecule has 0 rings (SSSR count). The molecule has 0 aliphatic heterocycles. The molecular formula is C5H13O2PS. The average Bonchev–Trinajstić information content (AvgIpc) is 1.89. The molecule has 1 atom stereocenters. The molecule has 0 radical (unpaired) electrons. The van der Waals surface area contributed by atoms with Crippen LogP contribution in [0.5, 0.6) is 0 Å². The van der Waals surface area contributed by atoms with Crippen molar-refractivity contribution in [3.63, 3.8) is 0 Å². The first-order valence-electron chi connectivity index (χ1n) is 2.98. The topological polar surface area (TPSA) is 26.3 Å². The van der Waals surface area contributed by atoms with E-state index in [1.165, 1.54) is 11.4 Å². The van der Waals surface area contributed by atoms with Crippen molar-refractivity contribution in [3.05, 3.63) is 0 Å². The second kappa shape index (κ2) is 4.37. The Hall–Kier alpha value is 0.540. The maximum atomic E-state index is 11.3. The van der Waals surface area contributed by atoms with Crippen LogP contribution >= 0.6 is 18.0 Å². The molecule has 2 nitrogen and oxygen atoms in total. The minimum atomic E-state index is -2.26. The average molecular weight is 168 g/mol. The summed E-state index contributed by atoms with van der Waals surface area (Å²) in [7, 11) is 0. The first-order valence-corrected chi connectivity index (χ1v) is 6.61. The first-order chi connectivity index (χ1) is 4.18. The maximum absolute atomic E-state index is 11.3. The van der Waals surface area contributed by atoms with E-state index in [4.69, 9.17) is 4.52 Å². The SMILES string of the molecule is CCO[P@](=O)(CC)SC. The van der Waals surface area contributed by atoms with Crippen molar-refractivity contribution in [2.75, 3.05) is 19.0 Å². The molecule has 0 bridgehead atoms. The van der Waals surface area contributed by atoms with Crippen LogP contribution < -0.4 is 0 Å². The zero-order valence-corrected chi connectivity index (χ0v) is 7.80. The fourth-order valence-electron chi connectivity index (χ4n) is 0.470. The standard InChI is InChI=1S/C5H13O2PS/c1-4-7-8(6,5-2)9-3/h4-5H2,1-3H3/t8-/m1/s1. The number of rotatable bonds is 4. The lowest BCUT2D eigenvalue weighted by molar-refractivity contribution is 0.347. The van der Waals surface area contributed by atoms with Crippen molar-refractivity contribution >= 4 is 18.0 Å². The van der Waals surface area contributed by atoms with Crippen LogP contribution in [0.15, 0.2) is 0 Å². The second-order valence-corrected chi connectivity index (χ2v) is 6.77. The van der Waals surface area contributed by atoms with Gasteiger partial charge >= 0.3 is 0 Å². The van der Waals surface area contributed by atoms with Gasteiger partial charge in [0, 0.05) is 6.16 Å². The van der Waals surface area contributed by atoms with Gasteiger partial charge in [-0.1, -0.05) is 18.3 Å². The molecule has 0 aliphatic carbocycles. The molecule has 0 heterocycles. The smallest absolute Gasteiger partial charge is 0.257 e. The van der Waals surface area contributed by atoms with E-state index in [0.29, 0.717) is 12.8 Å². The van der Waals surface area contributed by atoms with Gasteiger partial charge in [0.1, 0.15) is 0 Å². The molecule has 4 heteroatoms. The zero-order valence-electron chi connectivity index (χ0n) is 6.09. The van der Waals surface area contributed by atoms with E-state index in [2.05, 4.69) is 0 Å². The Morgan fingerprint density at radius 1 is 1.56 bits per heavy atom. The lowest BCUT2D eigenvalue weighted by Gasteiger charge is -2.11. The summed E-state index contributed by atoms with van der Waals surface area (Å²) in [6, 6.07) is 0. The summed E-state index contributed by atoms with van der Waals surface area (Å²) in [6.07, 6.45) is 2.45. The second-order valence-electron chi connectivity index (χ2n) is 1.53. The highest BCUT2D eigenvalue weighted by atomic mass is 32.7. The van der Waals surface area contributed by atoms with Gasteiger partial charge in [0.2, 0.25) is 0 Å². The van der Waals surface area contributed by atoms with Crippen LogP contribution in [0.2, 0.25) is 0 Å². The molecule has 0 amide bonds. The van der Waals surface area contributed by atoms with E-state index < -0.39 is 6.57 Å². The highest BCUT2D eigenvalue weighted by Crippen LogP contribution is 2.57.